The summed E-state index contributed by atoms with van der Waals surface area (Å²) < 4.78 is 0. The summed E-state index contributed by atoms with van der Waals surface area (Å²) in [6, 6.07) is 6.06. The minimum Gasteiger partial charge on any atom is -0.481 e. The molecular weight excluding hydrogens is 224 g/mol. The first-order chi connectivity index (χ1) is 8.09. The highest BCUT2D eigenvalue weighted by Gasteiger charge is 2.15. The second kappa shape index (κ2) is 4.17. The Morgan fingerprint density at radius 2 is 2.18 bits per heavy atom. The molecule has 6 nitrogen and oxygen atoms in total. The zero-order valence-electron chi connectivity index (χ0n) is 8.66. The molecule has 6 heteroatoms. The van der Waals surface area contributed by atoms with Crippen LogP contribution < -0.4 is 0 Å². The van der Waals surface area contributed by atoms with Gasteiger partial charge in [-0.05, 0) is 11.6 Å². The lowest BCUT2D eigenvalue weighted by atomic mass is 10.1. The van der Waals surface area contributed by atoms with Crippen molar-refractivity contribution in [2.45, 2.75) is 6.42 Å². The molecule has 0 unspecified atom stereocenters. The molecule has 1 N–H and O–H groups in total. The summed E-state index contributed by atoms with van der Waals surface area (Å²) in [5.41, 5.74) is 0.622. The molecule has 2 rings (SSSR count). The van der Waals surface area contributed by atoms with E-state index in [1.54, 1.807) is 12.1 Å². The monoisotopic (exact) mass is 232 g/mol. The molecule has 86 valence electrons. The first kappa shape index (κ1) is 11.0. The van der Waals surface area contributed by atoms with Gasteiger partial charge in [-0.1, -0.05) is 12.1 Å². The van der Waals surface area contributed by atoms with E-state index in [4.69, 9.17) is 5.11 Å². The smallest absolute Gasteiger partial charge is 0.307 e. The van der Waals surface area contributed by atoms with Gasteiger partial charge in [0.15, 0.2) is 0 Å². The van der Waals surface area contributed by atoms with Gasteiger partial charge in [-0.3, -0.25) is 14.9 Å². The summed E-state index contributed by atoms with van der Waals surface area (Å²) in [7, 11) is 0. The molecule has 1 aromatic carbocycles. The Labute approximate surface area is 95.7 Å². The highest BCUT2D eigenvalue weighted by Crippen LogP contribution is 2.25. The molecule has 0 aliphatic rings. The van der Waals surface area contributed by atoms with Crippen molar-refractivity contribution in [2.75, 3.05) is 0 Å². The van der Waals surface area contributed by atoms with E-state index in [1.165, 1.54) is 18.3 Å². The maximum atomic E-state index is 10.8. The third kappa shape index (κ3) is 2.05. The molecule has 0 spiro atoms. The standard InChI is InChI=1S/C11H8N2O4/c14-10(15)6-7-4-5-12-11-8(7)2-1-3-9(11)13(16)17/h1-5H,6H2,(H,14,15). The topological polar surface area (TPSA) is 93.3 Å². The van der Waals surface area contributed by atoms with Crippen LogP contribution in [0.25, 0.3) is 10.9 Å². The molecule has 0 aliphatic heterocycles. The Bertz CT molecular complexity index is 609. The lowest BCUT2D eigenvalue weighted by Gasteiger charge is -2.03. The summed E-state index contributed by atoms with van der Waals surface area (Å²) in [6.45, 7) is 0. The molecule has 0 atom stereocenters. The minimum absolute atomic E-state index is 0.116. The molecule has 17 heavy (non-hydrogen) atoms. The molecule has 0 aliphatic carbocycles. The van der Waals surface area contributed by atoms with Gasteiger partial charge in [0.25, 0.3) is 5.69 Å². The number of nitrogens with zero attached hydrogens (tertiary/aromatic N) is 2. The Morgan fingerprint density at radius 3 is 2.82 bits per heavy atom. The Hall–Kier alpha value is -2.50. The van der Waals surface area contributed by atoms with E-state index in [-0.39, 0.29) is 17.6 Å². The molecule has 0 radical (unpaired) electrons. The van der Waals surface area contributed by atoms with Gasteiger partial charge in [-0.15, -0.1) is 0 Å². The van der Waals surface area contributed by atoms with Gasteiger partial charge in [-0.2, -0.15) is 0 Å². The number of fused-ring (bicyclic) bond motifs is 1. The van der Waals surface area contributed by atoms with Crippen molar-refractivity contribution in [1.82, 2.24) is 4.98 Å². The molecule has 1 heterocycles. The van der Waals surface area contributed by atoms with Gasteiger partial charge in [0.05, 0.1) is 11.3 Å². The minimum atomic E-state index is -0.982. The van der Waals surface area contributed by atoms with Crippen LogP contribution in [-0.4, -0.2) is 21.0 Å². The third-order valence-corrected chi connectivity index (χ3v) is 2.38. The summed E-state index contributed by atoms with van der Waals surface area (Å²) >= 11 is 0. The van der Waals surface area contributed by atoms with Crippen LogP contribution >= 0.6 is 0 Å². The number of carboxylic acids is 1. The number of rotatable bonds is 3. The molecule has 0 bridgehead atoms. The first-order valence-corrected chi connectivity index (χ1v) is 4.82. The van der Waals surface area contributed by atoms with Gasteiger partial charge in [0.2, 0.25) is 0 Å². The van der Waals surface area contributed by atoms with Crippen molar-refractivity contribution in [3.05, 3.63) is 46.1 Å². The maximum Gasteiger partial charge on any atom is 0.307 e. The summed E-state index contributed by atoms with van der Waals surface area (Å²) in [5, 5.41) is 20.1. The second-order valence-corrected chi connectivity index (χ2v) is 3.47. The van der Waals surface area contributed by atoms with Crippen molar-refractivity contribution in [2.24, 2.45) is 0 Å². The Balaban J connectivity index is 2.69. The van der Waals surface area contributed by atoms with Crippen molar-refractivity contribution in [3.63, 3.8) is 0 Å². The van der Waals surface area contributed by atoms with Crippen LogP contribution in [0.15, 0.2) is 30.5 Å². The number of nitro groups is 1. The average molecular weight is 232 g/mol. The quantitative estimate of drug-likeness (QED) is 0.642. The van der Waals surface area contributed by atoms with Crippen LogP contribution in [0.3, 0.4) is 0 Å². The lowest BCUT2D eigenvalue weighted by Crippen LogP contribution is -2.01. The van der Waals surface area contributed by atoms with Crippen LogP contribution in [-0.2, 0) is 11.2 Å². The highest BCUT2D eigenvalue weighted by molar-refractivity contribution is 5.91. The normalized spacial score (nSPS) is 10.4. The number of carboxylic acid groups (broad SMARTS) is 1. The van der Waals surface area contributed by atoms with Gasteiger partial charge >= 0.3 is 5.97 Å². The largest absolute Gasteiger partial charge is 0.481 e. The second-order valence-electron chi connectivity index (χ2n) is 3.47. The average Bonchev–Trinajstić information content (AvgIpc) is 2.28. The number of benzene rings is 1. The van der Waals surface area contributed by atoms with E-state index in [9.17, 15) is 14.9 Å². The van der Waals surface area contributed by atoms with Crippen LogP contribution in [0, 0.1) is 10.1 Å². The third-order valence-electron chi connectivity index (χ3n) is 2.38. The van der Waals surface area contributed by atoms with Crippen LogP contribution in [0.2, 0.25) is 0 Å². The first-order valence-electron chi connectivity index (χ1n) is 4.82. The summed E-state index contributed by atoms with van der Waals surface area (Å²) in [5.74, 6) is -0.982. The fourth-order valence-electron chi connectivity index (χ4n) is 1.68. The van der Waals surface area contributed by atoms with Gasteiger partial charge in [0, 0.05) is 17.6 Å². The Kier molecular flexibility index (Phi) is 2.70. The van der Waals surface area contributed by atoms with Gasteiger partial charge < -0.3 is 5.11 Å². The summed E-state index contributed by atoms with van der Waals surface area (Å²) in [6.07, 6.45) is 1.20. The van der Waals surface area contributed by atoms with E-state index in [2.05, 4.69) is 4.98 Å². The van der Waals surface area contributed by atoms with E-state index in [0.29, 0.717) is 10.9 Å². The number of non-ortho nitro benzene ring substituents is 1. The molecule has 0 fully saturated rings. The van der Waals surface area contributed by atoms with E-state index in [1.807, 2.05) is 0 Å². The van der Waals surface area contributed by atoms with E-state index >= 15 is 0 Å². The zero-order chi connectivity index (χ0) is 12.4. The van der Waals surface area contributed by atoms with Crippen LogP contribution in [0.1, 0.15) is 5.56 Å². The summed E-state index contributed by atoms with van der Waals surface area (Å²) in [4.78, 5) is 24.9. The van der Waals surface area contributed by atoms with Crippen molar-refractivity contribution >= 4 is 22.6 Å². The number of hydrogen-bond donors (Lipinski definition) is 1. The molecule has 1 aromatic heterocycles. The number of pyridine rings is 1. The number of hydrogen-bond acceptors (Lipinski definition) is 4. The fourth-order valence-corrected chi connectivity index (χ4v) is 1.68. The SMILES string of the molecule is O=C(O)Cc1ccnc2c([N+](=O)[O-])cccc12. The van der Waals surface area contributed by atoms with Gasteiger partial charge in [0.1, 0.15) is 5.52 Å². The number of aromatic nitrogens is 1. The molecular formula is C11H8N2O4. The van der Waals surface area contributed by atoms with Crippen LogP contribution in [0.5, 0.6) is 0 Å². The zero-order valence-corrected chi connectivity index (χ0v) is 8.66. The predicted octanol–water partition coefficient (Wildman–Crippen LogP) is 1.77. The van der Waals surface area contributed by atoms with Crippen molar-refractivity contribution in [3.8, 4) is 0 Å². The van der Waals surface area contributed by atoms with Crippen molar-refractivity contribution < 1.29 is 14.8 Å². The Morgan fingerprint density at radius 1 is 1.41 bits per heavy atom. The van der Waals surface area contributed by atoms with Crippen LogP contribution in [0.4, 0.5) is 5.69 Å². The molecule has 2 aromatic rings. The molecule has 0 amide bonds. The number of nitro benzene ring substituents is 1. The molecule has 0 saturated heterocycles. The van der Waals surface area contributed by atoms with E-state index < -0.39 is 10.9 Å². The number of carbonyl (C=O) groups is 1. The maximum absolute atomic E-state index is 10.8. The fraction of sp³-hybridized carbons (Fsp3) is 0.0909. The number of aliphatic carboxylic acids is 1. The van der Waals surface area contributed by atoms with E-state index in [0.717, 1.165) is 0 Å². The highest BCUT2D eigenvalue weighted by atomic mass is 16.6. The number of para-hydroxylation sites is 1. The predicted molar refractivity (Wildman–Crippen MR) is 59.7 cm³/mol. The van der Waals surface area contributed by atoms with Gasteiger partial charge in [-0.25, -0.2) is 4.98 Å². The van der Waals surface area contributed by atoms with Crippen molar-refractivity contribution in [1.29, 1.82) is 0 Å². The lowest BCUT2D eigenvalue weighted by molar-refractivity contribution is -0.383. The molecule has 0 saturated carbocycles.